The third-order valence-electron chi connectivity index (χ3n) is 6.63. The lowest BCUT2D eigenvalue weighted by Gasteiger charge is -2.19. The monoisotopic (exact) mass is 503 g/mol. The third kappa shape index (κ3) is 4.58. The molecule has 4 N–H and O–H groups in total. The first-order valence-corrected chi connectivity index (χ1v) is 13.2. The van der Waals surface area contributed by atoms with E-state index in [4.69, 9.17) is 10.0 Å². The van der Waals surface area contributed by atoms with Crippen LogP contribution in [0.2, 0.25) is 0 Å². The minimum Gasteiger partial charge on any atom is -0.368 e. The number of benzene rings is 3. The van der Waals surface area contributed by atoms with Crippen LogP contribution in [-0.2, 0) is 29.8 Å². The van der Waals surface area contributed by atoms with Crippen LogP contribution >= 0.6 is 0 Å². The molecule has 0 saturated heterocycles. The summed E-state index contributed by atoms with van der Waals surface area (Å²) in [5.74, 6) is -0.636. The van der Waals surface area contributed by atoms with Crippen LogP contribution in [0.5, 0.6) is 0 Å². The van der Waals surface area contributed by atoms with Gasteiger partial charge in [0.2, 0.25) is 0 Å². The van der Waals surface area contributed by atoms with E-state index in [1.54, 1.807) is 23.9 Å². The first-order valence-electron chi connectivity index (χ1n) is 11.6. The number of fused-ring (bicyclic) bond motifs is 2. The van der Waals surface area contributed by atoms with Crippen molar-refractivity contribution in [3.05, 3.63) is 95.1 Å². The molecule has 0 saturated carbocycles. The standard InChI is InChI=1S/C27H26FN5O2S/c1-33-16-25-23(26(33)27(34)31-21-9-11-24(28)20(14-21)15-29)10-8-22(32-36(25,30)35)13-17-6-7-18-4-2-3-5-19(18)12-17/h2-7,9,11-12,14,16,22,27,31,34H,8,10,13H2,1H3,(H2,30,32,35)/t22-,27?,36?/m0/s1. The van der Waals surface area contributed by atoms with Gasteiger partial charge in [0.25, 0.3) is 0 Å². The highest BCUT2D eigenvalue weighted by Crippen LogP contribution is 2.32. The molecule has 5 rings (SSSR count). The van der Waals surface area contributed by atoms with E-state index in [0.29, 0.717) is 41.1 Å². The predicted molar refractivity (Wildman–Crippen MR) is 137 cm³/mol. The molecule has 2 unspecified atom stereocenters. The Balaban J connectivity index is 1.40. The quantitative estimate of drug-likeness (QED) is 0.294. The first-order chi connectivity index (χ1) is 17.2. The number of nitriles is 1. The van der Waals surface area contributed by atoms with Gasteiger partial charge >= 0.3 is 0 Å². The summed E-state index contributed by atoms with van der Waals surface area (Å²) in [6.07, 6.45) is 2.21. The van der Waals surface area contributed by atoms with E-state index in [9.17, 15) is 13.7 Å². The van der Waals surface area contributed by atoms with E-state index < -0.39 is 22.0 Å². The SMILES string of the molecule is Cn1cc2c(c1C(O)Nc1ccc(F)c(C#N)c1)CC[C@@H](Cc1ccc3ccccc3c1)NS2(=N)=O. The molecule has 3 aromatic carbocycles. The van der Waals surface area contributed by atoms with Crippen molar-refractivity contribution < 1.29 is 13.7 Å². The molecule has 0 spiro atoms. The van der Waals surface area contributed by atoms with Gasteiger partial charge in [0.05, 0.1) is 16.2 Å². The lowest BCUT2D eigenvalue weighted by molar-refractivity contribution is 0.198. The van der Waals surface area contributed by atoms with Crippen LogP contribution in [0, 0.1) is 21.9 Å². The fourth-order valence-corrected chi connectivity index (χ4v) is 6.57. The van der Waals surface area contributed by atoms with Crippen molar-refractivity contribution in [1.82, 2.24) is 9.29 Å². The summed E-state index contributed by atoms with van der Waals surface area (Å²) < 4.78 is 40.6. The zero-order chi connectivity index (χ0) is 25.4. The van der Waals surface area contributed by atoms with E-state index in [2.05, 4.69) is 40.4 Å². The van der Waals surface area contributed by atoms with Crippen LogP contribution < -0.4 is 10.0 Å². The third-order valence-corrected chi connectivity index (χ3v) is 8.26. The second-order valence-electron chi connectivity index (χ2n) is 9.12. The van der Waals surface area contributed by atoms with Gasteiger partial charge in [-0.25, -0.2) is 18.1 Å². The number of aromatic nitrogens is 1. The Morgan fingerprint density at radius 1 is 1.25 bits per heavy atom. The van der Waals surface area contributed by atoms with Crippen molar-refractivity contribution in [2.24, 2.45) is 7.05 Å². The number of nitrogens with zero attached hydrogens (tertiary/aromatic N) is 2. The molecule has 0 fully saturated rings. The molecule has 36 heavy (non-hydrogen) atoms. The normalized spacial score (nSPS) is 20.3. The number of halogens is 1. The summed E-state index contributed by atoms with van der Waals surface area (Å²) >= 11 is 0. The van der Waals surface area contributed by atoms with E-state index in [-0.39, 0.29) is 11.6 Å². The van der Waals surface area contributed by atoms with Crippen molar-refractivity contribution >= 4 is 26.4 Å². The van der Waals surface area contributed by atoms with Gasteiger partial charge in [0.15, 0.2) is 6.23 Å². The van der Waals surface area contributed by atoms with Crippen molar-refractivity contribution in [2.45, 2.75) is 36.4 Å². The maximum absolute atomic E-state index is 13.7. The van der Waals surface area contributed by atoms with Crippen LogP contribution in [0.15, 0.2) is 71.8 Å². The van der Waals surface area contributed by atoms with Crippen molar-refractivity contribution in [1.29, 1.82) is 10.0 Å². The summed E-state index contributed by atoms with van der Waals surface area (Å²) in [6, 6.07) is 19.9. The van der Waals surface area contributed by atoms with Crippen molar-refractivity contribution in [3.63, 3.8) is 0 Å². The van der Waals surface area contributed by atoms with Crippen LogP contribution in [0.25, 0.3) is 10.8 Å². The van der Waals surface area contributed by atoms with Gasteiger partial charge in [0, 0.05) is 25.0 Å². The molecule has 7 nitrogen and oxygen atoms in total. The fraction of sp³-hybridized carbons (Fsp3) is 0.222. The Hall–Kier alpha value is -3.71. The molecule has 1 aliphatic heterocycles. The lowest BCUT2D eigenvalue weighted by Crippen LogP contribution is -2.34. The summed E-state index contributed by atoms with van der Waals surface area (Å²) in [5, 5.41) is 25.3. The fourth-order valence-electron chi connectivity index (χ4n) is 4.92. The van der Waals surface area contributed by atoms with Crippen molar-refractivity contribution in [3.8, 4) is 6.07 Å². The Morgan fingerprint density at radius 3 is 2.81 bits per heavy atom. The van der Waals surface area contributed by atoms with Crippen LogP contribution in [0.4, 0.5) is 10.1 Å². The van der Waals surface area contributed by atoms with Gasteiger partial charge in [-0.15, -0.1) is 0 Å². The molecule has 0 aliphatic carbocycles. The Kier molecular flexibility index (Phi) is 6.26. The molecule has 184 valence electrons. The number of anilines is 1. The first kappa shape index (κ1) is 24.0. The zero-order valence-electron chi connectivity index (χ0n) is 19.7. The number of hydrogen-bond acceptors (Lipinski definition) is 5. The van der Waals surface area contributed by atoms with E-state index >= 15 is 0 Å². The topological polar surface area (TPSA) is 114 Å². The Morgan fingerprint density at radius 2 is 2.03 bits per heavy atom. The summed E-state index contributed by atoms with van der Waals surface area (Å²) in [7, 11) is -1.59. The average molecular weight is 504 g/mol. The maximum atomic E-state index is 13.7. The molecular formula is C27H26FN5O2S. The number of aryl methyl sites for hydroxylation is 1. The molecule has 0 amide bonds. The minimum atomic E-state index is -3.32. The highest BCUT2D eigenvalue weighted by atomic mass is 32.2. The van der Waals surface area contributed by atoms with Crippen molar-refractivity contribution in [2.75, 3.05) is 5.32 Å². The Bertz CT molecular complexity index is 1610. The van der Waals surface area contributed by atoms with Gasteiger partial charge in [-0.2, -0.15) is 5.26 Å². The number of aliphatic hydroxyl groups is 1. The molecule has 1 aromatic heterocycles. The molecule has 1 aliphatic rings. The molecule has 0 bridgehead atoms. The summed E-state index contributed by atoms with van der Waals surface area (Å²) in [5.41, 5.74) is 2.49. The predicted octanol–water partition coefficient (Wildman–Crippen LogP) is 4.76. The number of hydrogen-bond donors (Lipinski definition) is 4. The summed E-state index contributed by atoms with van der Waals surface area (Å²) in [4.78, 5) is 0.360. The highest BCUT2D eigenvalue weighted by Gasteiger charge is 2.31. The van der Waals surface area contributed by atoms with Crippen LogP contribution in [-0.4, -0.2) is 19.9 Å². The van der Waals surface area contributed by atoms with E-state index in [1.165, 1.54) is 12.1 Å². The summed E-state index contributed by atoms with van der Waals surface area (Å²) in [6.45, 7) is 0. The van der Waals surface area contributed by atoms with E-state index in [1.807, 2.05) is 12.1 Å². The molecule has 9 heteroatoms. The Labute approximate surface area is 209 Å². The molecule has 2 heterocycles. The van der Waals surface area contributed by atoms with Crippen LogP contribution in [0.3, 0.4) is 0 Å². The highest BCUT2D eigenvalue weighted by molar-refractivity contribution is 7.90. The smallest absolute Gasteiger partial charge is 0.166 e. The van der Waals surface area contributed by atoms with Gasteiger partial charge in [-0.3, -0.25) is 0 Å². The second kappa shape index (κ2) is 9.39. The molecule has 3 atom stereocenters. The average Bonchev–Trinajstić information content (AvgIpc) is 3.14. The van der Waals surface area contributed by atoms with Gasteiger partial charge in [-0.05, 0) is 59.4 Å². The second-order valence-corrected chi connectivity index (χ2v) is 10.9. The molecular weight excluding hydrogens is 477 g/mol. The molecule has 0 radical (unpaired) electrons. The number of aliphatic hydroxyl groups excluding tert-OH is 1. The van der Waals surface area contributed by atoms with Gasteiger partial charge in [-0.1, -0.05) is 42.5 Å². The van der Waals surface area contributed by atoms with Crippen LogP contribution in [0.1, 0.15) is 35.0 Å². The lowest BCUT2D eigenvalue weighted by atomic mass is 9.97. The number of rotatable bonds is 5. The van der Waals surface area contributed by atoms with E-state index in [0.717, 1.165) is 22.4 Å². The zero-order valence-corrected chi connectivity index (χ0v) is 20.5. The van der Waals surface area contributed by atoms with Gasteiger partial charge in [0.1, 0.15) is 21.8 Å². The van der Waals surface area contributed by atoms with Gasteiger partial charge < -0.3 is 15.0 Å². The molecule has 4 aromatic rings. The minimum absolute atomic E-state index is 0.132. The largest absolute Gasteiger partial charge is 0.368 e. The maximum Gasteiger partial charge on any atom is 0.166 e. The number of nitrogens with one attached hydrogen (secondary N) is 3.